The molecule has 0 spiro atoms. The minimum absolute atomic E-state index is 0.0614. The van der Waals surface area contributed by atoms with Crippen LogP contribution in [0, 0.1) is 5.92 Å². The van der Waals surface area contributed by atoms with Crippen LogP contribution >= 0.6 is 24.0 Å². The topological polar surface area (TPSA) is 156 Å². The molecule has 0 saturated carbocycles. The fraction of sp³-hybridized carbons (Fsp3) is 0.310. The van der Waals surface area contributed by atoms with Crippen LogP contribution in [0.1, 0.15) is 25.3 Å². The molecule has 1 amide bonds. The van der Waals surface area contributed by atoms with Gasteiger partial charge in [0, 0.05) is 37.0 Å². The summed E-state index contributed by atoms with van der Waals surface area (Å²) >= 11 is 6.28. The number of benzene rings is 2. The largest absolute Gasteiger partial charge is 0.466 e. The van der Waals surface area contributed by atoms with Crippen LogP contribution in [0.4, 0.5) is 0 Å². The van der Waals surface area contributed by atoms with E-state index in [0.717, 1.165) is 22.3 Å². The molecule has 2 aromatic carbocycles. The molecular weight excluding hydrogens is 661 g/mol. The zero-order chi connectivity index (χ0) is 32.4. The number of ether oxygens (including phenoxy) is 1. The molecule has 12 nitrogen and oxygen atoms in total. The first kappa shape index (κ1) is 33.0. The Hall–Kier alpha value is -3.41. The van der Waals surface area contributed by atoms with Gasteiger partial charge in [-0.3, -0.25) is 19.0 Å². The number of para-hydroxylation sites is 1. The lowest BCUT2D eigenvalue weighted by Gasteiger charge is -2.30. The molecule has 0 unspecified atom stereocenters. The van der Waals surface area contributed by atoms with E-state index in [-0.39, 0.29) is 52.2 Å². The summed E-state index contributed by atoms with van der Waals surface area (Å²) in [6.45, 7) is 2.08. The zero-order valence-corrected chi connectivity index (χ0v) is 27.4. The molecule has 3 heterocycles. The van der Waals surface area contributed by atoms with Gasteiger partial charge in [-0.1, -0.05) is 54.3 Å². The summed E-state index contributed by atoms with van der Waals surface area (Å²) < 4.78 is 67.2. The molecule has 2 saturated heterocycles. The number of amides is 1. The number of hydrogen-bond donors (Lipinski definition) is 1. The van der Waals surface area contributed by atoms with Crippen LogP contribution in [0.15, 0.2) is 70.6 Å². The van der Waals surface area contributed by atoms with Crippen LogP contribution in [0.25, 0.3) is 23.0 Å². The van der Waals surface area contributed by atoms with Crippen molar-refractivity contribution < 1.29 is 35.7 Å². The van der Waals surface area contributed by atoms with Gasteiger partial charge in [-0.05, 0) is 50.1 Å². The number of thioether (sulfide) groups is 1. The molecule has 0 aliphatic carbocycles. The first-order valence-electron chi connectivity index (χ1n) is 14.0. The third kappa shape index (κ3) is 7.53. The summed E-state index contributed by atoms with van der Waals surface area (Å²) in [6, 6.07) is 15.6. The molecule has 3 aromatic rings. The second-order valence-electron chi connectivity index (χ2n) is 10.3. The van der Waals surface area contributed by atoms with Crippen molar-refractivity contribution >= 4 is 66.4 Å². The number of carbonyl (C=O) groups is 2. The van der Waals surface area contributed by atoms with Crippen LogP contribution in [-0.2, 0) is 34.5 Å². The van der Waals surface area contributed by atoms with E-state index in [4.69, 9.17) is 26.6 Å². The molecule has 0 bridgehead atoms. The third-order valence-electron chi connectivity index (χ3n) is 7.32. The Morgan fingerprint density at radius 3 is 2.49 bits per heavy atom. The van der Waals surface area contributed by atoms with Gasteiger partial charge in [-0.25, -0.2) is 13.1 Å². The van der Waals surface area contributed by atoms with Crippen molar-refractivity contribution in [3.05, 3.63) is 71.3 Å². The number of thiocarbonyl (C=S) groups is 1. The Labute approximate surface area is 270 Å². The summed E-state index contributed by atoms with van der Waals surface area (Å²) in [7, 11) is -8.20. The molecule has 238 valence electrons. The van der Waals surface area contributed by atoms with E-state index in [9.17, 15) is 26.4 Å². The highest BCUT2D eigenvalue weighted by Gasteiger charge is 2.34. The highest BCUT2D eigenvalue weighted by atomic mass is 32.2. The van der Waals surface area contributed by atoms with Crippen molar-refractivity contribution in [1.29, 1.82) is 0 Å². The van der Waals surface area contributed by atoms with Gasteiger partial charge in [0.2, 0.25) is 10.0 Å². The summed E-state index contributed by atoms with van der Waals surface area (Å²) in [4.78, 5) is 26.7. The van der Waals surface area contributed by atoms with Crippen LogP contribution in [0.3, 0.4) is 0 Å². The van der Waals surface area contributed by atoms with Crippen LogP contribution in [0.2, 0.25) is 0 Å². The predicted molar refractivity (Wildman–Crippen MR) is 173 cm³/mol. The van der Waals surface area contributed by atoms with E-state index in [1.807, 2.05) is 30.3 Å². The highest BCUT2D eigenvalue weighted by Crippen LogP contribution is 2.35. The fourth-order valence-electron chi connectivity index (χ4n) is 5.02. The maximum Gasteiger partial charge on any atom is 0.309 e. The van der Waals surface area contributed by atoms with Gasteiger partial charge in [-0.2, -0.15) is 17.8 Å². The summed E-state index contributed by atoms with van der Waals surface area (Å²) in [5, 5.41) is 4.74. The molecule has 5 rings (SSSR count). The molecule has 1 N–H and O–H groups in total. The molecule has 1 aromatic heterocycles. The van der Waals surface area contributed by atoms with Crippen molar-refractivity contribution in [2.24, 2.45) is 5.92 Å². The molecule has 0 radical (unpaired) electrons. The number of rotatable bonds is 10. The first-order chi connectivity index (χ1) is 21.4. The van der Waals surface area contributed by atoms with Crippen LogP contribution < -0.4 is 0 Å². The lowest BCUT2D eigenvalue weighted by molar-refractivity contribution is -0.149. The number of sulfonamides is 1. The monoisotopic (exact) mass is 690 g/mol. The smallest absolute Gasteiger partial charge is 0.309 e. The molecule has 0 atom stereocenters. The molecule has 45 heavy (non-hydrogen) atoms. The predicted octanol–water partition coefficient (Wildman–Crippen LogP) is 3.59. The molecule has 2 aliphatic heterocycles. The van der Waals surface area contributed by atoms with Crippen LogP contribution in [-0.4, -0.2) is 88.6 Å². The second kappa shape index (κ2) is 13.5. The molecule has 2 aliphatic rings. The summed E-state index contributed by atoms with van der Waals surface area (Å²) in [5.74, 6) is -1.83. The average Bonchev–Trinajstić information content (AvgIpc) is 3.56. The zero-order valence-electron chi connectivity index (χ0n) is 24.1. The van der Waals surface area contributed by atoms with Gasteiger partial charge in [0.15, 0.2) is 0 Å². The minimum Gasteiger partial charge on any atom is -0.466 e. The van der Waals surface area contributed by atoms with E-state index in [1.165, 1.54) is 16.4 Å². The van der Waals surface area contributed by atoms with Gasteiger partial charge in [-0.15, -0.1) is 0 Å². The number of hydrogen-bond acceptors (Lipinski definition) is 10. The number of carbonyl (C=O) groups excluding carboxylic acids is 2. The number of esters is 1. The molecule has 2 fully saturated rings. The highest BCUT2D eigenvalue weighted by molar-refractivity contribution is 8.26. The van der Waals surface area contributed by atoms with Crippen molar-refractivity contribution in [2.45, 2.75) is 24.7 Å². The Bertz CT molecular complexity index is 1870. The van der Waals surface area contributed by atoms with Gasteiger partial charge >= 0.3 is 5.97 Å². The maximum absolute atomic E-state index is 13.7. The van der Waals surface area contributed by atoms with Gasteiger partial charge < -0.3 is 4.74 Å². The lowest BCUT2D eigenvalue weighted by Crippen LogP contribution is -2.40. The third-order valence-corrected chi connectivity index (χ3v) is 11.3. The van der Waals surface area contributed by atoms with Crippen LogP contribution in [0.5, 0.6) is 0 Å². The summed E-state index contributed by atoms with van der Waals surface area (Å²) in [5.41, 5.74) is 2.12. The summed E-state index contributed by atoms with van der Waals surface area (Å²) in [6.07, 6.45) is 4.02. The number of nitrogens with zero attached hydrogens (tertiary/aromatic N) is 4. The number of aromatic nitrogens is 2. The maximum atomic E-state index is 13.7. The van der Waals surface area contributed by atoms with Gasteiger partial charge in [0.1, 0.15) is 10.0 Å². The van der Waals surface area contributed by atoms with Crippen molar-refractivity contribution in [2.75, 3.05) is 32.0 Å². The Balaban J connectivity index is 1.47. The van der Waals surface area contributed by atoms with E-state index < -0.39 is 31.8 Å². The molecular formula is C29H30N4O8S4. The number of piperidine rings is 1. The van der Waals surface area contributed by atoms with E-state index >= 15 is 0 Å². The minimum atomic E-state index is -4.31. The van der Waals surface area contributed by atoms with Gasteiger partial charge in [0.25, 0.3) is 16.0 Å². The van der Waals surface area contributed by atoms with Crippen molar-refractivity contribution in [1.82, 2.24) is 19.0 Å². The van der Waals surface area contributed by atoms with E-state index in [1.54, 1.807) is 36.0 Å². The Kier molecular flexibility index (Phi) is 9.91. The SMILES string of the molecule is CCOC(=O)C1CCN(S(=O)(=O)c2cccc(-c3nn(-c4ccccc4)cc3/C=C3\SC(=S)N(CCS(=O)(=O)O)C3=O)c2)CC1. The fourth-order valence-corrected chi connectivity index (χ4v) is 8.24. The van der Waals surface area contributed by atoms with Gasteiger partial charge in [0.05, 0.1) is 33.8 Å². The Morgan fingerprint density at radius 1 is 1.11 bits per heavy atom. The van der Waals surface area contributed by atoms with Crippen molar-refractivity contribution in [3.63, 3.8) is 0 Å². The van der Waals surface area contributed by atoms with E-state index in [2.05, 4.69) is 0 Å². The normalized spacial score (nSPS) is 17.7. The Morgan fingerprint density at radius 2 is 1.82 bits per heavy atom. The standard InChI is InChI=1S/C29H30N4O8S4/c1-2-41-28(35)20-11-13-31(14-12-20)45(39,40)24-10-6-7-21(17-24)26-22(19-33(30-26)23-8-4-3-5-9-23)18-25-27(34)32(29(42)43-25)15-16-44(36,37)38/h3-10,17-20H,2,11-16H2,1H3,(H,36,37,38)/b25-18-. The average molecular weight is 691 g/mol. The van der Waals surface area contributed by atoms with Crippen molar-refractivity contribution in [3.8, 4) is 16.9 Å². The quantitative estimate of drug-likeness (QED) is 0.144. The lowest BCUT2D eigenvalue weighted by atomic mass is 9.98. The molecule has 16 heteroatoms. The van der Waals surface area contributed by atoms with E-state index in [0.29, 0.717) is 29.7 Å². The second-order valence-corrected chi connectivity index (χ2v) is 15.5. The first-order valence-corrected chi connectivity index (χ1v) is 18.3.